The van der Waals surface area contributed by atoms with Crippen molar-refractivity contribution in [2.24, 2.45) is 23.2 Å². The quantitative estimate of drug-likeness (QED) is 0.465. The summed E-state index contributed by atoms with van der Waals surface area (Å²) in [5, 5.41) is 0. The molecule has 0 radical (unpaired) electrons. The standard InChI is InChI=1S/C11H18/c1-7-5-9-6-10(8(7)2)11(9,3)4/h8-10H,1,5-6H2,2-4H3. The van der Waals surface area contributed by atoms with E-state index in [0.717, 1.165) is 17.8 Å². The van der Waals surface area contributed by atoms with Crippen molar-refractivity contribution in [1.82, 2.24) is 0 Å². The number of allylic oxidation sites excluding steroid dienone is 1. The minimum absolute atomic E-state index is 0.626. The average Bonchev–Trinajstić information content (AvgIpc) is 1.93. The van der Waals surface area contributed by atoms with Crippen molar-refractivity contribution < 1.29 is 0 Å². The summed E-state index contributed by atoms with van der Waals surface area (Å²) < 4.78 is 0. The van der Waals surface area contributed by atoms with Gasteiger partial charge in [0.2, 0.25) is 0 Å². The molecular weight excluding hydrogens is 132 g/mol. The maximum atomic E-state index is 4.14. The molecule has 3 rings (SSSR count). The van der Waals surface area contributed by atoms with Crippen LogP contribution in [0.2, 0.25) is 0 Å². The van der Waals surface area contributed by atoms with Crippen LogP contribution < -0.4 is 0 Å². The molecule has 0 aromatic heterocycles. The lowest BCUT2D eigenvalue weighted by atomic mass is 9.45. The Bertz CT molecular complexity index is 200. The summed E-state index contributed by atoms with van der Waals surface area (Å²) >= 11 is 0. The highest BCUT2D eigenvalue weighted by Crippen LogP contribution is 2.62. The smallest absolute Gasteiger partial charge is 0.0201 e. The van der Waals surface area contributed by atoms with Gasteiger partial charge in [0.25, 0.3) is 0 Å². The van der Waals surface area contributed by atoms with Gasteiger partial charge in [0, 0.05) is 0 Å². The van der Waals surface area contributed by atoms with Gasteiger partial charge in [-0.2, -0.15) is 0 Å². The fraction of sp³-hybridized carbons (Fsp3) is 0.818. The van der Waals surface area contributed by atoms with E-state index in [1.54, 1.807) is 0 Å². The SMILES string of the molecule is C=C1CC2CC(C1C)C2(C)C. The first-order valence-electron chi connectivity index (χ1n) is 4.71. The molecule has 3 atom stereocenters. The Kier molecular flexibility index (Phi) is 1.28. The normalized spacial score (nSPS) is 46.8. The van der Waals surface area contributed by atoms with Crippen molar-refractivity contribution in [3.05, 3.63) is 12.2 Å². The van der Waals surface area contributed by atoms with Gasteiger partial charge in [-0.15, -0.1) is 0 Å². The Balaban J connectivity index is 2.23. The molecule has 0 aromatic carbocycles. The molecule has 0 heteroatoms. The first-order valence-corrected chi connectivity index (χ1v) is 4.71. The lowest BCUT2D eigenvalue weighted by Gasteiger charge is -2.60. The van der Waals surface area contributed by atoms with Crippen molar-refractivity contribution >= 4 is 0 Å². The van der Waals surface area contributed by atoms with Gasteiger partial charge in [0.15, 0.2) is 0 Å². The Morgan fingerprint density at radius 1 is 1.45 bits per heavy atom. The molecule has 0 spiro atoms. The van der Waals surface area contributed by atoms with E-state index >= 15 is 0 Å². The zero-order valence-corrected chi connectivity index (χ0v) is 7.85. The van der Waals surface area contributed by atoms with Gasteiger partial charge < -0.3 is 0 Å². The highest BCUT2D eigenvalue weighted by Gasteiger charge is 2.53. The lowest BCUT2D eigenvalue weighted by molar-refractivity contribution is -0.0720. The van der Waals surface area contributed by atoms with Crippen LogP contribution >= 0.6 is 0 Å². The summed E-state index contributed by atoms with van der Waals surface area (Å²) in [5.41, 5.74) is 2.13. The maximum Gasteiger partial charge on any atom is -0.0201 e. The monoisotopic (exact) mass is 150 g/mol. The minimum atomic E-state index is 0.626. The molecule has 3 fully saturated rings. The summed E-state index contributed by atoms with van der Waals surface area (Å²) in [4.78, 5) is 0. The number of hydrogen-bond donors (Lipinski definition) is 0. The first kappa shape index (κ1) is 7.39. The molecule has 0 aliphatic heterocycles. The largest absolute Gasteiger partial charge is 0.0996 e. The Morgan fingerprint density at radius 2 is 2.09 bits per heavy atom. The van der Waals surface area contributed by atoms with Gasteiger partial charge in [-0.25, -0.2) is 0 Å². The maximum absolute atomic E-state index is 4.14. The van der Waals surface area contributed by atoms with Crippen LogP contribution in [0.5, 0.6) is 0 Å². The molecule has 2 bridgehead atoms. The average molecular weight is 150 g/mol. The molecule has 11 heavy (non-hydrogen) atoms. The molecule has 0 heterocycles. The van der Waals surface area contributed by atoms with Crippen LogP contribution in [-0.4, -0.2) is 0 Å². The van der Waals surface area contributed by atoms with Crippen molar-refractivity contribution in [2.45, 2.75) is 33.6 Å². The van der Waals surface area contributed by atoms with Gasteiger partial charge in [0.1, 0.15) is 0 Å². The molecule has 3 aliphatic rings. The van der Waals surface area contributed by atoms with Crippen LogP contribution in [0, 0.1) is 23.2 Å². The second kappa shape index (κ2) is 1.91. The topological polar surface area (TPSA) is 0 Å². The summed E-state index contributed by atoms with van der Waals surface area (Å²) in [6.45, 7) is 11.3. The van der Waals surface area contributed by atoms with Crippen LogP contribution in [-0.2, 0) is 0 Å². The molecule has 3 saturated carbocycles. The van der Waals surface area contributed by atoms with Gasteiger partial charge in [-0.1, -0.05) is 32.9 Å². The molecular formula is C11H18. The predicted molar refractivity (Wildman–Crippen MR) is 48.3 cm³/mol. The van der Waals surface area contributed by atoms with Crippen molar-refractivity contribution in [2.75, 3.05) is 0 Å². The van der Waals surface area contributed by atoms with Gasteiger partial charge in [0.05, 0.1) is 0 Å². The van der Waals surface area contributed by atoms with Crippen molar-refractivity contribution in [3.63, 3.8) is 0 Å². The van der Waals surface area contributed by atoms with E-state index in [0.29, 0.717) is 5.41 Å². The Morgan fingerprint density at radius 3 is 2.45 bits per heavy atom. The molecule has 0 saturated heterocycles. The second-order valence-electron chi connectivity index (χ2n) is 5.01. The fourth-order valence-corrected chi connectivity index (χ4v) is 3.04. The first-order chi connectivity index (χ1) is 5.03. The van der Waals surface area contributed by atoms with Gasteiger partial charge in [-0.3, -0.25) is 0 Å². The summed E-state index contributed by atoms with van der Waals surface area (Å²) in [6.07, 6.45) is 2.76. The third-order valence-corrected chi connectivity index (χ3v) is 4.30. The van der Waals surface area contributed by atoms with Crippen LogP contribution in [0.25, 0.3) is 0 Å². The van der Waals surface area contributed by atoms with E-state index in [-0.39, 0.29) is 0 Å². The Labute approximate surface area is 69.7 Å². The number of rotatable bonds is 0. The number of hydrogen-bond acceptors (Lipinski definition) is 0. The molecule has 0 aromatic rings. The second-order valence-corrected chi connectivity index (χ2v) is 5.01. The van der Waals surface area contributed by atoms with E-state index in [1.165, 1.54) is 18.4 Å². The van der Waals surface area contributed by atoms with E-state index < -0.39 is 0 Å². The molecule has 0 amide bonds. The van der Waals surface area contributed by atoms with Crippen molar-refractivity contribution in [1.29, 1.82) is 0 Å². The lowest BCUT2D eigenvalue weighted by Crippen LogP contribution is -2.52. The van der Waals surface area contributed by atoms with Crippen LogP contribution in [0.3, 0.4) is 0 Å². The molecule has 0 N–H and O–H groups in total. The van der Waals surface area contributed by atoms with E-state index in [9.17, 15) is 0 Å². The van der Waals surface area contributed by atoms with E-state index in [2.05, 4.69) is 27.4 Å². The molecule has 0 nitrogen and oxygen atoms in total. The van der Waals surface area contributed by atoms with Crippen molar-refractivity contribution in [3.8, 4) is 0 Å². The molecule has 62 valence electrons. The summed E-state index contributed by atoms with van der Waals surface area (Å²) in [6, 6.07) is 0. The summed E-state index contributed by atoms with van der Waals surface area (Å²) in [7, 11) is 0. The molecule has 3 unspecified atom stereocenters. The van der Waals surface area contributed by atoms with Gasteiger partial charge in [-0.05, 0) is 36.0 Å². The highest BCUT2D eigenvalue weighted by atomic mass is 14.6. The molecule has 3 aliphatic carbocycles. The van der Waals surface area contributed by atoms with Crippen LogP contribution in [0.1, 0.15) is 33.6 Å². The zero-order chi connectivity index (χ0) is 8.22. The number of fused-ring (bicyclic) bond motifs is 2. The van der Waals surface area contributed by atoms with Gasteiger partial charge >= 0.3 is 0 Å². The highest BCUT2D eigenvalue weighted by molar-refractivity contribution is 5.17. The third kappa shape index (κ3) is 0.758. The van der Waals surface area contributed by atoms with E-state index in [4.69, 9.17) is 0 Å². The van der Waals surface area contributed by atoms with E-state index in [1.807, 2.05) is 0 Å². The predicted octanol–water partition coefficient (Wildman–Crippen LogP) is 3.24. The third-order valence-electron chi connectivity index (χ3n) is 4.30. The zero-order valence-electron chi connectivity index (χ0n) is 7.85. The minimum Gasteiger partial charge on any atom is -0.0996 e. The fourth-order valence-electron chi connectivity index (χ4n) is 3.04. The van der Waals surface area contributed by atoms with Crippen LogP contribution in [0.15, 0.2) is 12.2 Å². The van der Waals surface area contributed by atoms with Crippen LogP contribution in [0.4, 0.5) is 0 Å². The summed E-state index contributed by atoms with van der Waals surface area (Å²) in [5.74, 6) is 2.68. The Hall–Kier alpha value is -0.260.